The third-order valence-electron chi connectivity index (χ3n) is 6.22. The Hall–Kier alpha value is -0.460. The van der Waals surface area contributed by atoms with Gasteiger partial charge in [-0.05, 0) is 32.1 Å². The highest BCUT2D eigenvalue weighted by atomic mass is 16.6. The molecule has 0 bridgehead atoms. The average Bonchev–Trinajstić information content (AvgIpc) is 3.11. The van der Waals surface area contributed by atoms with Gasteiger partial charge in [-0.2, -0.15) is 0 Å². The third-order valence-corrected chi connectivity index (χ3v) is 6.22. The van der Waals surface area contributed by atoms with E-state index < -0.39 is 24.4 Å². The van der Waals surface area contributed by atoms with Crippen molar-refractivity contribution >= 4 is 0 Å². The smallest absolute Gasteiger partial charge is 0.114 e. The lowest BCUT2D eigenvalue weighted by molar-refractivity contribution is -0.101. The van der Waals surface area contributed by atoms with Crippen LogP contribution in [0, 0.1) is 0 Å². The zero-order valence-corrected chi connectivity index (χ0v) is 20.1. The molecule has 4 atom stereocenters. The van der Waals surface area contributed by atoms with Gasteiger partial charge < -0.3 is 24.8 Å². The van der Waals surface area contributed by atoms with E-state index in [1.165, 1.54) is 89.9 Å². The topological polar surface area (TPSA) is 79.2 Å². The zero-order chi connectivity index (χ0) is 22.6. The summed E-state index contributed by atoms with van der Waals surface area (Å²) >= 11 is 0. The van der Waals surface area contributed by atoms with Gasteiger partial charge in [-0.1, -0.05) is 89.7 Å². The molecule has 184 valence electrons. The monoisotopic (exact) mass is 442 g/mol. The van der Waals surface area contributed by atoms with Gasteiger partial charge in [0, 0.05) is 6.61 Å². The average molecular weight is 443 g/mol. The molecule has 0 amide bonds. The maximum Gasteiger partial charge on any atom is 0.114 e. The first kappa shape index (κ1) is 28.6. The van der Waals surface area contributed by atoms with Crippen LogP contribution >= 0.6 is 0 Å². The van der Waals surface area contributed by atoms with Crippen LogP contribution in [0.4, 0.5) is 0 Å². The van der Waals surface area contributed by atoms with Gasteiger partial charge in [0.2, 0.25) is 0 Å². The summed E-state index contributed by atoms with van der Waals surface area (Å²) in [4.78, 5) is 0. The number of unbranched alkanes of at least 4 members (excludes halogenated alkanes) is 14. The molecule has 0 aliphatic carbocycles. The van der Waals surface area contributed by atoms with Crippen molar-refractivity contribution < 1.29 is 24.8 Å². The molecule has 0 aromatic rings. The summed E-state index contributed by atoms with van der Waals surface area (Å²) in [5, 5.41) is 28.8. The van der Waals surface area contributed by atoms with Crippen molar-refractivity contribution in [2.24, 2.45) is 0 Å². The largest absolute Gasteiger partial charge is 0.394 e. The van der Waals surface area contributed by atoms with Gasteiger partial charge in [0.05, 0.1) is 13.2 Å². The lowest BCUT2D eigenvalue weighted by atomic mass is 10.1. The van der Waals surface area contributed by atoms with E-state index in [0.29, 0.717) is 6.61 Å². The third kappa shape index (κ3) is 14.3. The highest BCUT2D eigenvalue weighted by Gasteiger charge is 2.40. The van der Waals surface area contributed by atoms with Crippen LogP contribution in [0.3, 0.4) is 0 Å². The molecule has 0 saturated carbocycles. The molecular weight excluding hydrogens is 392 g/mol. The Bertz CT molecular complexity index is 415. The predicted octanol–water partition coefficient (Wildman–Crippen LogP) is 5.30. The van der Waals surface area contributed by atoms with Crippen LogP contribution < -0.4 is 0 Å². The van der Waals surface area contributed by atoms with Crippen molar-refractivity contribution in [2.45, 2.75) is 134 Å². The molecule has 1 fully saturated rings. The van der Waals surface area contributed by atoms with Crippen molar-refractivity contribution in [3.8, 4) is 0 Å². The first-order valence-electron chi connectivity index (χ1n) is 13.1. The summed E-state index contributed by atoms with van der Waals surface area (Å²) in [6, 6.07) is 0. The first-order valence-corrected chi connectivity index (χ1v) is 13.1. The molecule has 1 aliphatic heterocycles. The molecule has 3 N–H and O–H groups in total. The molecule has 1 rings (SSSR count). The van der Waals surface area contributed by atoms with Crippen molar-refractivity contribution in [2.75, 3.05) is 19.8 Å². The van der Waals surface area contributed by atoms with Crippen LogP contribution in [0.1, 0.15) is 110 Å². The highest BCUT2D eigenvalue weighted by Crippen LogP contribution is 2.20. The Morgan fingerprint density at radius 1 is 0.806 bits per heavy atom. The van der Waals surface area contributed by atoms with Crippen molar-refractivity contribution in [1.29, 1.82) is 0 Å². The summed E-state index contributed by atoms with van der Waals surface area (Å²) in [7, 11) is 0. The molecule has 0 radical (unpaired) electrons. The van der Waals surface area contributed by atoms with E-state index in [4.69, 9.17) is 9.47 Å². The fourth-order valence-corrected chi connectivity index (χ4v) is 4.14. The summed E-state index contributed by atoms with van der Waals surface area (Å²) < 4.78 is 11.0. The maximum absolute atomic E-state index is 9.85. The van der Waals surface area contributed by atoms with E-state index in [9.17, 15) is 15.3 Å². The van der Waals surface area contributed by atoms with Gasteiger partial charge >= 0.3 is 0 Å². The Morgan fingerprint density at radius 3 is 1.81 bits per heavy atom. The van der Waals surface area contributed by atoms with E-state index in [0.717, 1.165) is 12.8 Å². The number of hydrogen-bond donors (Lipinski definition) is 3. The lowest BCUT2D eigenvalue weighted by Crippen LogP contribution is -2.42. The number of rotatable bonds is 21. The SMILES string of the molecule is CCCCCCCC/C=C/CCCCCCCCCCO[C@H](CO)[C@@H]1OC[C@H](O)[C@@H]1O. The number of ether oxygens (including phenoxy) is 2. The molecule has 5 nitrogen and oxygen atoms in total. The molecule has 0 unspecified atom stereocenters. The van der Waals surface area contributed by atoms with Crippen LogP contribution in [0.2, 0.25) is 0 Å². The molecule has 1 aliphatic rings. The van der Waals surface area contributed by atoms with Crippen molar-refractivity contribution in [3.05, 3.63) is 12.2 Å². The fourth-order valence-electron chi connectivity index (χ4n) is 4.14. The van der Waals surface area contributed by atoms with Gasteiger partial charge in [0.1, 0.15) is 24.4 Å². The van der Waals surface area contributed by atoms with Crippen LogP contribution in [-0.2, 0) is 9.47 Å². The second-order valence-electron chi connectivity index (χ2n) is 9.09. The molecule has 31 heavy (non-hydrogen) atoms. The van der Waals surface area contributed by atoms with Gasteiger partial charge in [-0.3, -0.25) is 0 Å². The van der Waals surface area contributed by atoms with Crippen molar-refractivity contribution in [1.82, 2.24) is 0 Å². The van der Waals surface area contributed by atoms with E-state index in [1.54, 1.807) is 0 Å². The Balaban J connectivity index is 1.82. The first-order chi connectivity index (χ1) is 15.2. The van der Waals surface area contributed by atoms with E-state index in [1.807, 2.05) is 0 Å². The molecule has 0 aromatic carbocycles. The Kier molecular flexibility index (Phi) is 18.6. The minimum atomic E-state index is -0.979. The summed E-state index contributed by atoms with van der Waals surface area (Å²) in [6.07, 6.45) is 22.3. The zero-order valence-electron chi connectivity index (χ0n) is 20.1. The fraction of sp³-hybridized carbons (Fsp3) is 0.923. The predicted molar refractivity (Wildman–Crippen MR) is 127 cm³/mol. The van der Waals surface area contributed by atoms with Crippen LogP contribution in [0.5, 0.6) is 0 Å². The number of aliphatic hydroxyl groups is 3. The van der Waals surface area contributed by atoms with Gasteiger partial charge in [-0.15, -0.1) is 0 Å². The van der Waals surface area contributed by atoms with Gasteiger partial charge in [0.15, 0.2) is 0 Å². The Morgan fingerprint density at radius 2 is 1.32 bits per heavy atom. The van der Waals surface area contributed by atoms with Gasteiger partial charge in [-0.25, -0.2) is 0 Å². The summed E-state index contributed by atoms with van der Waals surface area (Å²) in [6.45, 7) is 2.72. The van der Waals surface area contributed by atoms with E-state index in [2.05, 4.69) is 19.1 Å². The van der Waals surface area contributed by atoms with Crippen molar-refractivity contribution in [3.63, 3.8) is 0 Å². The molecule has 5 heteroatoms. The minimum absolute atomic E-state index is 0.0984. The normalized spacial score (nSPS) is 22.5. The number of aliphatic hydroxyl groups excluding tert-OH is 3. The Labute approximate surface area is 191 Å². The number of hydrogen-bond acceptors (Lipinski definition) is 5. The summed E-state index contributed by atoms with van der Waals surface area (Å²) in [5.74, 6) is 0. The second-order valence-corrected chi connectivity index (χ2v) is 9.09. The highest BCUT2D eigenvalue weighted by molar-refractivity contribution is 4.88. The molecular formula is C26H50O5. The van der Waals surface area contributed by atoms with E-state index >= 15 is 0 Å². The maximum atomic E-state index is 9.85. The molecule has 0 spiro atoms. The quantitative estimate of drug-likeness (QED) is 0.166. The lowest BCUT2D eigenvalue weighted by Gasteiger charge is -2.24. The molecule has 1 saturated heterocycles. The molecule has 1 heterocycles. The van der Waals surface area contributed by atoms with E-state index in [-0.39, 0.29) is 13.2 Å². The van der Waals surface area contributed by atoms with Gasteiger partial charge in [0.25, 0.3) is 0 Å². The standard InChI is InChI=1S/C26H50O5/c1-2-3-4-5-6-7-8-9-10-11-12-13-14-15-16-17-18-19-20-30-24(21-27)26-25(29)23(28)22-31-26/h9-10,23-29H,2-8,11-22H2,1H3/b10-9+/t23-,24+,25-,26-/m0/s1. The molecule has 0 aromatic heterocycles. The van der Waals surface area contributed by atoms with Crippen LogP contribution in [0.15, 0.2) is 12.2 Å². The van der Waals surface area contributed by atoms with Crippen LogP contribution in [0.25, 0.3) is 0 Å². The summed E-state index contributed by atoms with van der Waals surface area (Å²) in [5.41, 5.74) is 0. The second kappa shape index (κ2) is 20.2. The number of allylic oxidation sites excluding steroid dienone is 2. The van der Waals surface area contributed by atoms with Crippen LogP contribution in [-0.4, -0.2) is 59.6 Å². The minimum Gasteiger partial charge on any atom is -0.394 e.